The fourth-order valence-electron chi connectivity index (χ4n) is 1.23. The number of nitrogens with one attached hydrogen (secondary N) is 1. The number of carbonyl (C=O) groups is 1. The zero-order chi connectivity index (χ0) is 13.7. The summed E-state index contributed by atoms with van der Waals surface area (Å²) < 4.78 is 0. The van der Waals surface area contributed by atoms with Crippen molar-refractivity contribution in [3.8, 4) is 0 Å². The topological polar surface area (TPSA) is 29.1 Å². The van der Waals surface area contributed by atoms with E-state index in [4.69, 9.17) is 0 Å². The summed E-state index contributed by atoms with van der Waals surface area (Å²) in [7, 11) is 0. The normalized spacial score (nSPS) is 12.6. The average Bonchev–Trinajstić information content (AvgIpc) is 2.29. The minimum absolute atomic E-state index is 0.0258. The van der Waals surface area contributed by atoms with Gasteiger partial charge in [-0.3, -0.25) is 4.79 Å². The van der Waals surface area contributed by atoms with Crippen LogP contribution in [0.2, 0.25) is 0 Å². The number of amides is 1. The summed E-state index contributed by atoms with van der Waals surface area (Å²) in [6, 6.07) is 0.0888. The van der Waals surface area contributed by atoms with Crippen molar-refractivity contribution in [2.75, 3.05) is 0 Å². The lowest BCUT2D eigenvalue weighted by Gasteiger charge is -2.07. The minimum Gasteiger partial charge on any atom is -0.347 e. The highest BCUT2D eigenvalue weighted by molar-refractivity contribution is 5.88. The second-order valence-electron chi connectivity index (χ2n) is 3.64. The molecule has 0 bridgehead atoms. The molecule has 0 saturated carbocycles. The number of allylic oxidation sites excluding steroid dienone is 3. The van der Waals surface area contributed by atoms with Gasteiger partial charge in [0.2, 0.25) is 5.91 Å². The molecule has 0 spiro atoms. The second kappa shape index (κ2) is 12.8. The van der Waals surface area contributed by atoms with E-state index in [2.05, 4.69) is 11.9 Å². The summed E-state index contributed by atoms with van der Waals surface area (Å²) in [5.74, 6) is -0.0258. The Labute approximate surface area is 106 Å². The van der Waals surface area contributed by atoms with Crippen molar-refractivity contribution >= 4 is 5.91 Å². The molecule has 0 heterocycles. The average molecular weight is 237 g/mol. The lowest BCUT2D eigenvalue weighted by Crippen LogP contribution is -2.29. The van der Waals surface area contributed by atoms with Gasteiger partial charge < -0.3 is 5.32 Å². The van der Waals surface area contributed by atoms with E-state index in [1.165, 1.54) is 0 Å². The van der Waals surface area contributed by atoms with Crippen molar-refractivity contribution in [2.45, 2.75) is 53.5 Å². The Morgan fingerprint density at radius 1 is 1.41 bits per heavy atom. The van der Waals surface area contributed by atoms with E-state index < -0.39 is 0 Å². The van der Waals surface area contributed by atoms with E-state index in [9.17, 15) is 4.79 Å². The molecule has 0 radical (unpaired) electrons. The van der Waals surface area contributed by atoms with Crippen LogP contribution in [-0.4, -0.2) is 11.9 Å². The summed E-state index contributed by atoms with van der Waals surface area (Å²) in [5, 5.41) is 2.86. The smallest absolute Gasteiger partial charge is 0.244 e. The standard InChI is InChI=1S/C13H21NO.C2H6/c1-5-7-9-11(3)10-13(15)14-12(4)8-6-2;1-2/h5-6,8,10,12H,1,7,9H2,2-4H3,(H,14,15);1-2H3/b8-6-,11-10-;. The zero-order valence-electron chi connectivity index (χ0n) is 11.9. The predicted octanol–water partition coefficient (Wildman–Crippen LogP) is 4.01. The summed E-state index contributed by atoms with van der Waals surface area (Å²) in [6.07, 6.45) is 9.21. The molecule has 2 nitrogen and oxygen atoms in total. The van der Waals surface area contributed by atoms with Gasteiger partial charge in [0.1, 0.15) is 0 Å². The minimum atomic E-state index is -0.0258. The van der Waals surface area contributed by atoms with E-state index in [1.807, 2.05) is 52.8 Å². The van der Waals surface area contributed by atoms with Crippen molar-refractivity contribution in [3.63, 3.8) is 0 Å². The maximum Gasteiger partial charge on any atom is 0.244 e. The molecule has 17 heavy (non-hydrogen) atoms. The molecule has 1 atom stereocenters. The molecule has 2 heteroatoms. The highest BCUT2D eigenvalue weighted by Crippen LogP contribution is 2.03. The predicted molar refractivity (Wildman–Crippen MR) is 77.0 cm³/mol. The maximum atomic E-state index is 11.5. The molecule has 1 unspecified atom stereocenters. The van der Waals surface area contributed by atoms with Crippen LogP contribution in [0.5, 0.6) is 0 Å². The lowest BCUT2D eigenvalue weighted by molar-refractivity contribution is -0.116. The molecule has 0 aliphatic heterocycles. The molecule has 0 aromatic heterocycles. The Bertz CT molecular complexity index is 264. The monoisotopic (exact) mass is 237 g/mol. The highest BCUT2D eigenvalue weighted by Gasteiger charge is 2.01. The number of carbonyl (C=O) groups excluding carboxylic acids is 1. The summed E-state index contributed by atoms with van der Waals surface area (Å²) in [5.41, 5.74) is 1.08. The molecular formula is C15H27NO. The third-order valence-corrected chi connectivity index (χ3v) is 1.97. The third-order valence-electron chi connectivity index (χ3n) is 1.97. The first-order valence-electron chi connectivity index (χ1n) is 6.31. The number of hydrogen-bond donors (Lipinski definition) is 1. The highest BCUT2D eigenvalue weighted by atomic mass is 16.1. The van der Waals surface area contributed by atoms with Gasteiger partial charge in [-0.1, -0.05) is 37.6 Å². The Morgan fingerprint density at radius 2 is 2.00 bits per heavy atom. The Kier molecular flexibility index (Phi) is 13.6. The largest absolute Gasteiger partial charge is 0.347 e. The molecule has 0 saturated heterocycles. The van der Waals surface area contributed by atoms with Crippen LogP contribution >= 0.6 is 0 Å². The summed E-state index contributed by atoms with van der Waals surface area (Å²) in [4.78, 5) is 11.5. The first kappa shape index (κ1) is 18.1. The molecule has 0 aliphatic carbocycles. The fraction of sp³-hybridized carbons (Fsp3) is 0.533. The van der Waals surface area contributed by atoms with E-state index in [1.54, 1.807) is 6.08 Å². The van der Waals surface area contributed by atoms with E-state index in [0.29, 0.717) is 0 Å². The second-order valence-corrected chi connectivity index (χ2v) is 3.64. The fourth-order valence-corrected chi connectivity index (χ4v) is 1.23. The number of rotatable bonds is 6. The SMILES string of the molecule is C=CCC/C(C)=C\C(=O)NC(C)/C=C\C.CC. The van der Waals surface area contributed by atoms with Crippen molar-refractivity contribution in [1.82, 2.24) is 5.32 Å². The van der Waals surface area contributed by atoms with Gasteiger partial charge in [0, 0.05) is 12.1 Å². The van der Waals surface area contributed by atoms with Crippen molar-refractivity contribution in [3.05, 3.63) is 36.5 Å². The Morgan fingerprint density at radius 3 is 2.47 bits per heavy atom. The van der Waals surface area contributed by atoms with Crippen molar-refractivity contribution in [1.29, 1.82) is 0 Å². The van der Waals surface area contributed by atoms with E-state index in [-0.39, 0.29) is 11.9 Å². The van der Waals surface area contributed by atoms with Gasteiger partial charge in [0.05, 0.1) is 0 Å². The molecule has 0 fully saturated rings. The first-order valence-corrected chi connectivity index (χ1v) is 6.31. The molecule has 0 rings (SSSR count). The molecule has 0 aromatic carbocycles. The quantitative estimate of drug-likeness (QED) is 0.549. The van der Waals surface area contributed by atoms with Crippen LogP contribution in [0.3, 0.4) is 0 Å². The van der Waals surface area contributed by atoms with Gasteiger partial charge in [-0.05, 0) is 33.6 Å². The van der Waals surface area contributed by atoms with Crippen LogP contribution in [0.15, 0.2) is 36.5 Å². The van der Waals surface area contributed by atoms with Crippen molar-refractivity contribution in [2.24, 2.45) is 0 Å². The first-order chi connectivity index (χ1) is 8.10. The van der Waals surface area contributed by atoms with Gasteiger partial charge in [0.15, 0.2) is 0 Å². The molecule has 0 aromatic rings. The van der Waals surface area contributed by atoms with Gasteiger partial charge in [0.25, 0.3) is 0 Å². The van der Waals surface area contributed by atoms with Crippen LogP contribution in [0.4, 0.5) is 0 Å². The van der Waals surface area contributed by atoms with Crippen LogP contribution in [-0.2, 0) is 4.79 Å². The maximum absolute atomic E-state index is 11.5. The molecule has 1 amide bonds. The van der Waals surface area contributed by atoms with Gasteiger partial charge in [-0.25, -0.2) is 0 Å². The van der Waals surface area contributed by atoms with Gasteiger partial charge in [-0.2, -0.15) is 0 Å². The molecule has 0 aliphatic rings. The van der Waals surface area contributed by atoms with Gasteiger partial charge >= 0.3 is 0 Å². The summed E-state index contributed by atoms with van der Waals surface area (Å²) in [6.45, 7) is 13.5. The molecule has 98 valence electrons. The van der Waals surface area contributed by atoms with Crippen LogP contribution in [0, 0.1) is 0 Å². The summed E-state index contributed by atoms with van der Waals surface area (Å²) >= 11 is 0. The zero-order valence-corrected chi connectivity index (χ0v) is 11.9. The van der Waals surface area contributed by atoms with Crippen LogP contribution in [0.25, 0.3) is 0 Å². The van der Waals surface area contributed by atoms with Crippen LogP contribution < -0.4 is 5.32 Å². The Balaban J connectivity index is 0. The molecular weight excluding hydrogens is 210 g/mol. The van der Waals surface area contributed by atoms with Crippen LogP contribution in [0.1, 0.15) is 47.5 Å². The van der Waals surface area contributed by atoms with Crippen molar-refractivity contribution < 1.29 is 4.79 Å². The Hall–Kier alpha value is -1.31. The van der Waals surface area contributed by atoms with E-state index in [0.717, 1.165) is 18.4 Å². The third kappa shape index (κ3) is 12.6. The molecule has 1 N–H and O–H groups in total. The van der Waals surface area contributed by atoms with Gasteiger partial charge in [-0.15, -0.1) is 6.58 Å². The lowest BCUT2D eigenvalue weighted by atomic mass is 10.1. The van der Waals surface area contributed by atoms with E-state index >= 15 is 0 Å². The number of hydrogen-bond acceptors (Lipinski definition) is 1.